The first-order valence-electron chi connectivity index (χ1n) is 10.9. The smallest absolute Gasteiger partial charge is 0.306 e. The lowest BCUT2D eigenvalue weighted by Gasteiger charge is -2.33. The number of aliphatic carboxylic acids is 1. The maximum absolute atomic E-state index is 13.6. The van der Waals surface area contributed by atoms with E-state index in [0.29, 0.717) is 37.3 Å². The van der Waals surface area contributed by atoms with Gasteiger partial charge in [0.05, 0.1) is 11.6 Å². The van der Waals surface area contributed by atoms with E-state index in [1.807, 2.05) is 6.07 Å². The maximum atomic E-state index is 13.6. The minimum absolute atomic E-state index is 0.0880. The molecule has 0 radical (unpaired) electrons. The van der Waals surface area contributed by atoms with E-state index in [1.54, 1.807) is 24.3 Å². The fourth-order valence-electron chi connectivity index (χ4n) is 4.59. The number of nitrogens with zero attached hydrogens (tertiary/aromatic N) is 1. The number of carbonyl (C=O) groups is 1. The quantitative estimate of drug-likeness (QED) is 0.591. The first kappa shape index (κ1) is 20.7. The van der Waals surface area contributed by atoms with Crippen LogP contribution in [-0.4, -0.2) is 40.5 Å². The van der Waals surface area contributed by atoms with Crippen LogP contribution in [0.4, 0.5) is 4.39 Å². The van der Waals surface area contributed by atoms with E-state index in [9.17, 15) is 19.4 Å². The zero-order chi connectivity index (χ0) is 22.2. The van der Waals surface area contributed by atoms with Gasteiger partial charge in [-0.3, -0.25) is 4.79 Å². The van der Waals surface area contributed by atoms with Crippen molar-refractivity contribution in [2.24, 2.45) is 5.92 Å². The number of carboxylic acids is 1. The van der Waals surface area contributed by atoms with E-state index in [1.165, 1.54) is 12.1 Å². The summed E-state index contributed by atoms with van der Waals surface area (Å²) >= 11 is 0. The molecule has 2 aromatic carbocycles. The van der Waals surface area contributed by atoms with Crippen molar-refractivity contribution in [3.63, 3.8) is 0 Å². The number of aromatic nitrogens is 1. The summed E-state index contributed by atoms with van der Waals surface area (Å²) in [4.78, 5) is 16.1. The number of halogens is 1. The highest BCUT2D eigenvalue weighted by molar-refractivity contribution is 6.01. The lowest BCUT2D eigenvalue weighted by molar-refractivity contribution is -0.148. The number of benzene rings is 2. The van der Waals surface area contributed by atoms with E-state index in [0.717, 1.165) is 35.0 Å². The van der Waals surface area contributed by atoms with Crippen LogP contribution in [0.3, 0.4) is 0 Å². The van der Waals surface area contributed by atoms with Crippen molar-refractivity contribution >= 4 is 16.7 Å². The summed E-state index contributed by atoms with van der Waals surface area (Å²) in [5.41, 5.74) is 2.61. The fourth-order valence-corrected chi connectivity index (χ4v) is 4.59. The van der Waals surface area contributed by atoms with Gasteiger partial charge >= 0.3 is 5.97 Å². The van der Waals surface area contributed by atoms with Crippen LogP contribution in [0.1, 0.15) is 37.3 Å². The van der Waals surface area contributed by atoms with Gasteiger partial charge in [-0.2, -0.15) is 0 Å². The number of pyridine rings is 1. The number of hydrogen-bond donors (Lipinski definition) is 2. The van der Waals surface area contributed by atoms with Crippen LogP contribution in [0.5, 0.6) is 11.6 Å². The molecule has 1 saturated carbocycles. The van der Waals surface area contributed by atoms with Crippen molar-refractivity contribution in [3.05, 3.63) is 54.0 Å². The molecular weight excluding hydrogens is 413 g/mol. The summed E-state index contributed by atoms with van der Waals surface area (Å²) in [6, 6.07) is 11.4. The first-order valence-corrected chi connectivity index (χ1v) is 10.9. The first-order chi connectivity index (χ1) is 15.5. The molecular formula is C25H24FNO5. The summed E-state index contributed by atoms with van der Waals surface area (Å²) in [6.07, 6.45) is 2.27. The largest absolute Gasteiger partial charge is 0.508 e. The van der Waals surface area contributed by atoms with Gasteiger partial charge in [0.1, 0.15) is 17.7 Å². The molecule has 2 aliphatic rings. The number of aromatic hydroxyl groups is 1. The Morgan fingerprint density at radius 1 is 1.06 bits per heavy atom. The molecule has 2 N–H and O–H groups in total. The summed E-state index contributed by atoms with van der Waals surface area (Å²) in [7, 11) is 0. The summed E-state index contributed by atoms with van der Waals surface area (Å²) < 4.78 is 25.3. The highest BCUT2D eigenvalue weighted by Crippen LogP contribution is 2.43. The van der Waals surface area contributed by atoms with Gasteiger partial charge in [0.2, 0.25) is 5.88 Å². The van der Waals surface area contributed by atoms with Crippen molar-refractivity contribution in [1.29, 1.82) is 0 Å². The van der Waals surface area contributed by atoms with Crippen molar-refractivity contribution < 1.29 is 28.9 Å². The molecule has 3 aromatic rings. The van der Waals surface area contributed by atoms with E-state index in [-0.39, 0.29) is 23.6 Å². The highest BCUT2D eigenvalue weighted by Gasteiger charge is 2.37. The van der Waals surface area contributed by atoms with Gasteiger partial charge in [-0.15, -0.1) is 0 Å². The second-order valence-corrected chi connectivity index (χ2v) is 8.55. The molecule has 6 nitrogen and oxygen atoms in total. The van der Waals surface area contributed by atoms with Crippen LogP contribution >= 0.6 is 0 Å². The average Bonchev–Trinajstić information content (AvgIpc) is 2.76. The Balaban J connectivity index is 1.65. The SMILES string of the molecule is O=C(O)C1CC(Oc2nc(C3CCOCC3)c(-c3ccc(F)cc3)c3ccc(O)cc23)C1. The van der Waals surface area contributed by atoms with Gasteiger partial charge in [-0.25, -0.2) is 9.37 Å². The molecule has 2 heterocycles. The number of rotatable bonds is 5. The number of fused-ring (bicyclic) bond motifs is 1. The van der Waals surface area contributed by atoms with Gasteiger partial charge in [0, 0.05) is 30.1 Å². The van der Waals surface area contributed by atoms with Crippen molar-refractivity contribution in [1.82, 2.24) is 4.98 Å². The molecule has 5 rings (SSSR count). The molecule has 0 unspecified atom stereocenters. The van der Waals surface area contributed by atoms with Gasteiger partial charge in [0.25, 0.3) is 0 Å². The fraction of sp³-hybridized carbons (Fsp3) is 0.360. The van der Waals surface area contributed by atoms with Gasteiger partial charge in [-0.1, -0.05) is 12.1 Å². The van der Waals surface area contributed by atoms with Gasteiger partial charge < -0.3 is 19.7 Å². The normalized spacial score (nSPS) is 21.3. The molecule has 0 atom stereocenters. The minimum atomic E-state index is -0.810. The van der Waals surface area contributed by atoms with Crippen molar-refractivity contribution in [3.8, 4) is 22.8 Å². The van der Waals surface area contributed by atoms with Crippen LogP contribution in [0, 0.1) is 11.7 Å². The molecule has 1 saturated heterocycles. The second-order valence-electron chi connectivity index (χ2n) is 8.55. The average molecular weight is 437 g/mol. The van der Waals surface area contributed by atoms with Gasteiger partial charge in [0.15, 0.2) is 0 Å². The summed E-state index contributed by atoms with van der Waals surface area (Å²) in [6.45, 7) is 1.28. The lowest BCUT2D eigenvalue weighted by atomic mass is 9.82. The highest BCUT2D eigenvalue weighted by atomic mass is 19.1. The van der Waals surface area contributed by atoms with E-state index >= 15 is 0 Å². The summed E-state index contributed by atoms with van der Waals surface area (Å²) in [5, 5.41) is 20.9. The number of phenols is 1. The Bertz CT molecular complexity index is 1150. The molecule has 1 aliphatic carbocycles. The predicted octanol–water partition coefficient (Wildman–Crippen LogP) is 4.88. The molecule has 0 bridgehead atoms. The molecule has 7 heteroatoms. The third-order valence-electron chi connectivity index (χ3n) is 6.44. The van der Waals surface area contributed by atoms with Crippen LogP contribution < -0.4 is 4.74 Å². The Hall–Kier alpha value is -3.19. The number of phenolic OH excluding ortho intramolecular Hbond substituents is 1. The van der Waals surface area contributed by atoms with Crippen molar-refractivity contribution in [2.75, 3.05) is 13.2 Å². The van der Waals surface area contributed by atoms with Crippen LogP contribution in [-0.2, 0) is 9.53 Å². The Labute approximate surface area is 184 Å². The molecule has 2 fully saturated rings. The van der Waals surface area contributed by atoms with E-state index in [4.69, 9.17) is 14.5 Å². The number of hydrogen-bond acceptors (Lipinski definition) is 5. The van der Waals surface area contributed by atoms with Crippen LogP contribution in [0.25, 0.3) is 21.9 Å². The van der Waals surface area contributed by atoms with Crippen molar-refractivity contribution in [2.45, 2.75) is 37.7 Å². The predicted molar refractivity (Wildman–Crippen MR) is 116 cm³/mol. The summed E-state index contributed by atoms with van der Waals surface area (Å²) in [5.74, 6) is -0.878. The Morgan fingerprint density at radius 2 is 1.78 bits per heavy atom. The van der Waals surface area contributed by atoms with Crippen LogP contribution in [0.2, 0.25) is 0 Å². The molecule has 0 spiro atoms. The standard InChI is InChI=1S/C25H24FNO5/c26-17-3-1-14(2-4-17)22-20-6-5-18(28)13-21(20)24(32-19-11-16(12-19)25(29)30)27-23(22)15-7-9-31-10-8-15/h1-6,13,15-16,19,28H,7-12H2,(H,29,30). The zero-order valence-electron chi connectivity index (χ0n) is 17.5. The molecule has 166 valence electrons. The molecule has 0 amide bonds. The maximum Gasteiger partial charge on any atom is 0.306 e. The Morgan fingerprint density at radius 3 is 2.47 bits per heavy atom. The van der Waals surface area contributed by atoms with Gasteiger partial charge in [-0.05, 0) is 67.0 Å². The number of carboxylic acid groups (broad SMARTS) is 1. The number of ether oxygens (including phenoxy) is 2. The molecule has 1 aromatic heterocycles. The molecule has 32 heavy (non-hydrogen) atoms. The Kier molecular flexibility index (Phi) is 5.43. The second kappa shape index (κ2) is 8.39. The topological polar surface area (TPSA) is 88.9 Å². The monoisotopic (exact) mass is 437 g/mol. The van der Waals surface area contributed by atoms with Crippen LogP contribution in [0.15, 0.2) is 42.5 Å². The zero-order valence-corrected chi connectivity index (χ0v) is 17.5. The molecule has 1 aliphatic heterocycles. The van der Waals surface area contributed by atoms with E-state index in [2.05, 4.69) is 0 Å². The third kappa shape index (κ3) is 3.88. The minimum Gasteiger partial charge on any atom is -0.508 e. The van der Waals surface area contributed by atoms with E-state index < -0.39 is 11.9 Å². The lowest BCUT2D eigenvalue weighted by Crippen LogP contribution is -2.38. The third-order valence-corrected chi connectivity index (χ3v) is 6.44.